The van der Waals surface area contributed by atoms with Crippen molar-refractivity contribution in [3.8, 4) is 11.1 Å². The zero-order valence-electron chi connectivity index (χ0n) is 18.7. The molecule has 1 aliphatic heterocycles. The van der Waals surface area contributed by atoms with Gasteiger partial charge >= 0.3 is 12.1 Å². The standard InChI is InChI=1S/C26H28N2O6/c29-16-11-23(25(31)32)28(13-16)24(30)12-22(15-9-10-15)27-26(33)34-14-21-19-7-3-1-5-17(19)18-6-2-4-8-20(18)21/h1-8,15-16,21-23,29H,9-14H2,(H,27,33)(H,31,32). The van der Waals surface area contributed by atoms with Gasteiger partial charge in [0.25, 0.3) is 0 Å². The molecule has 1 saturated heterocycles. The van der Waals surface area contributed by atoms with Gasteiger partial charge in [-0.2, -0.15) is 0 Å². The van der Waals surface area contributed by atoms with E-state index in [1.807, 2.05) is 24.3 Å². The summed E-state index contributed by atoms with van der Waals surface area (Å²) in [6.07, 6.45) is 0.377. The number of carbonyl (C=O) groups is 3. The van der Waals surface area contributed by atoms with Gasteiger partial charge in [-0.05, 0) is 41.0 Å². The number of amides is 2. The quantitative estimate of drug-likeness (QED) is 0.580. The number of carbonyl (C=O) groups excluding carboxylic acids is 2. The van der Waals surface area contributed by atoms with Gasteiger partial charge in [-0.25, -0.2) is 9.59 Å². The second-order valence-corrected chi connectivity index (χ2v) is 9.41. The molecule has 1 heterocycles. The van der Waals surface area contributed by atoms with Gasteiger partial charge in [0.05, 0.1) is 6.10 Å². The number of β-amino-alcohol motifs (C(OH)–C–C–N with tert-alkyl or cyclic N) is 1. The van der Waals surface area contributed by atoms with E-state index < -0.39 is 30.3 Å². The summed E-state index contributed by atoms with van der Waals surface area (Å²) in [7, 11) is 0. The molecule has 0 spiro atoms. The number of aliphatic hydroxyl groups excluding tert-OH is 1. The van der Waals surface area contributed by atoms with E-state index in [2.05, 4.69) is 29.6 Å². The lowest BCUT2D eigenvalue weighted by atomic mass is 9.98. The van der Waals surface area contributed by atoms with Crippen molar-refractivity contribution in [1.82, 2.24) is 10.2 Å². The molecule has 0 radical (unpaired) electrons. The minimum Gasteiger partial charge on any atom is -0.480 e. The van der Waals surface area contributed by atoms with Gasteiger partial charge in [0.15, 0.2) is 0 Å². The number of benzene rings is 2. The van der Waals surface area contributed by atoms with E-state index in [9.17, 15) is 24.6 Å². The molecule has 8 nitrogen and oxygen atoms in total. The van der Waals surface area contributed by atoms with Gasteiger partial charge in [0.2, 0.25) is 5.91 Å². The Balaban J connectivity index is 1.22. The molecule has 0 aromatic heterocycles. The lowest BCUT2D eigenvalue weighted by molar-refractivity contribution is -0.148. The third-order valence-electron chi connectivity index (χ3n) is 7.12. The Bertz CT molecular complexity index is 1070. The number of aliphatic hydroxyl groups is 1. The fourth-order valence-electron chi connectivity index (χ4n) is 5.25. The smallest absolute Gasteiger partial charge is 0.407 e. The maximum atomic E-state index is 12.8. The van der Waals surface area contributed by atoms with Crippen LogP contribution in [0.3, 0.4) is 0 Å². The largest absolute Gasteiger partial charge is 0.480 e. The maximum absolute atomic E-state index is 12.8. The van der Waals surface area contributed by atoms with Crippen molar-refractivity contribution in [2.75, 3.05) is 13.2 Å². The SMILES string of the molecule is O=C(NC(CC(=O)N1CC(O)CC1C(=O)O)C1CC1)OCC1c2ccccc2-c2ccccc21. The van der Waals surface area contributed by atoms with Crippen molar-refractivity contribution >= 4 is 18.0 Å². The van der Waals surface area contributed by atoms with E-state index >= 15 is 0 Å². The first-order chi connectivity index (χ1) is 16.4. The molecule has 34 heavy (non-hydrogen) atoms. The fourth-order valence-corrected chi connectivity index (χ4v) is 5.25. The molecule has 2 fully saturated rings. The van der Waals surface area contributed by atoms with Crippen molar-refractivity contribution in [1.29, 1.82) is 0 Å². The van der Waals surface area contributed by atoms with Crippen LogP contribution in [-0.2, 0) is 14.3 Å². The summed E-state index contributed by atoms with van der Waals surface area (Å²) in [5.41, 5.74) is 4.54. The number of hydrogen-bond acceptors (Lipinski definition) is 5. The minimum absolute atomic E-state index is 0.00185. The van der Waals surface area contributed by atoms with E-state index in [0.29, 0.717) is 0 Å². The summed E-state index contributed by atoms with van der Waals surface area (Å²) in [5.74, 6) is -1.39. The average molecular weight is 465 g/mol. The van der Waals surface area contributed by atoms with Crippen LogP contribution in [0.15, 0.2) is 48.5 Å². The second kappa shape index (κ2) is 9.10. The Morgan fingerprint density at radius 1 is 1.03 bits per heavy atom. The number of aliphatic carboxylic acids is 1. The molecule has 2 aromatic rings. The summed E-state index contributed by atoms with van der Waals surface area (Å²) in [6, 6.07) is 14.7. The average Bonchev–Trinajstić information content (AvgIpc) is 3.52. The van der Waals surface area contributed by atoms with Crippen LogP contribution in [-0.4, -0.2) is 64.4 Å². The third-order valence-corrected chi connectivity index (χ3v) is 7.12. The van der Waals surface area contributed by atoms with Crippen LogP contribution in [0.1, 0.15) is 42.7 Å². The Morgan fingerprint density at radius 3 is 2.24 bits per heavy atom. The molecule has 3 aliphatic rings. The predicted octanol–water partition coefficient (Wildman–Crippen LogP) is 2.74. The number of rotatable bonds is 7. The van der Waals surface area contributed by atoms with Crippen LogP contribution in [0.4, 0.5) is 4.79 Å². The van der Waals surface area contributed by atoms with Gasteiger partial charge in [-0.1, -0.05) is 48.5 Å². The van der Waals surface area contributed by atoms with Gasteiger partial charge in [0, 0.05) is 31.3 Å². The van der Waals surface area contributed by atoms with E-state index in [4.69, 9.17) is 4.74 Å². The highest BCUT2D eigenvalue weighted by Gasteiger charge is 2.41. The lowest BCUT2D eigenvalue weighted by Gasteiger charge is -2.25. The van der Waals surface area contributed by atoms with Crippen molar-refractivity contribution in [3.05, 3.63) is 59.7 Å². The lowest BCUT2D eigenvalue weighted by Crippen LogP contribution is -2.45. The van der Waals surface area contributed by atoms with Crippen molar-refractivity contribution in [2.24, 2.45) is 5.92 Å². The summed E-state index contributed by atoms with van der Waals surface area (Å²) in [4.78, 5) is 38.2. The van der Waals surface area contributed by atoms with Gasteiger partial charge in [-0.3, -0.25) is 4.79 Å². The highest BCUT2D eigenvalue weighted by atomic mass is 16.5. The molecular formula is C26H28N2O6. The first kappa shape index (κ1) is 22.4. The molecule has 2 aromatic carbocycles. The van der Waals surface area contributed by atoms with Crippen LogP contribution >= 0.6 is 0 Å². The molecule has 2 aliphatic carbocycles. The Labute approximate surface area is 197 Å². The summed E-state index contributed by atoms with van der Waals surface area (Å²) >= 11 is 0. The summed E-state index contributed by atoms with van der Waals surface area (Å²) in [5, 5.41) is 22.0. The summed E-state index contributed by atoms with van der Waals surface area (Å²) in [6.45, 7) is 0.183. The second-order valence-electron chi connectivity index (χ2n) is 9.41. The van der Waals surface area contributed by atoms with E-state index in [-0.39, 0.29) is 43.7 Å². The zero-order valence-corrected chi connectivity index (χ0v) is 18.7. The molecule has 5 rings (SSSR count). The molecular weight excluding hydrogens is 436 g/mol. The van der Waals surface area contributed by atoms with Crippen LogP contribution in [0.2, 0.25) is 0 Å². The monoisotopic (exact) mass is 464 g/mol. The third kappa shape index (κ3) is 4.37. The van der Waals surface area contributed by atoms with Crippen molar-refractivity contribution in [2.45, 2.75) is 49.8 Å². The zero-order chi connectivity index (χ0) is 23.8. The maximum Gasteiger partial charge on any atom is 0.407 e. The summed E-state index contributed by atoms with van der Waals surface area (Å²) < 4.78 is 5.62. The molecule has 0 bridgehead atoms. The van der Waals surface area contributed by atoms with E-state index in [1.54, 1.807) is 0 Å². The number of nitrogens with zero attached hydrogens (tertiary/aromatic N) is 1. The molecule has 178 valence electrons. The van der Waals surface area contributed by atoms with Crippen LogP contribution in [0.25, 0.3) is 11.1 Å². The van der Waals surface area contributed by atoms with Crippen LogP contribution in [0, 0.1) is 5.92 Å². The molecule has 2 amide bonds. The van der Waals surface area contributed by atoms with Gasteiger partial charge < -0.3 is 25.2 Å². The van der Waals surface area contributed by atoms with Gasteiger partial charge in [-0.15, -0.1) is 0 Å². The first-order valence-corrected chi connectivity index (χ1v) is 11.7. The number of likely N-dealkylation sites (tertiary alicyclic amines) is 1. The predicted molar refractivity (Wildman–Crippen MR) is 123 cm³/mol. The first-order valence-electron chi connectivity index (χ1n) is 11.7. The number of carboxylic acids is 1. The number of hydrogen-bond donors (Lipinski definition) is 3. The molecule has 3 N–H and O–H groups in total. The molecule has 1 saturated carbocycles. The topological polar surface area (TPSA) is 116 Å². The number of alkyl carbamates (subject to hydrolysis) is 1. The molecule has 8 heteroatoms. The fraction of sp³-hybridized carbons (Fsp3) is 0.423. The Hall–Kier alpha value is -3.39. The molecule has 3 atom stereocenters. The van der Waals surface area contributed by atoms with E-state index in [0.717, 1.165) is 35.1 Å². The Morgan fingerprint density at radius 2 is 1.65 bits per heavy atom. The highest BCUT2D eigenvalue weighted by Crippen LogP contribution is 2.44. The van der Waals surface area contributed by atoms with Crippen molar-refractivity contribution < 1.29 is 29.3 Å². The minimum atomic E-state index is -1.13. The Kier molecular flexibility index (Phi) is 6.00. The van der Waals surface area contributed by atoms with Crippen LogP contribution < -0.4 is 5.32 Å². The number of ether oxygens (including phenoxy) is 1. The number of nitrogens with one attached hydrogen (secondary N) is 1. The van der Waals surface area contributed by atoms with Crippen molar-refractivity contribution in [3.63, 3.8) is 0 Å². The highest BCUT2D eigenvalue weighted by molar-refractivity contribution is 5.85. The normalized spacial score (nSPS) is 22.1. The van der Waals surface area contributed by atoms with Crippen LogP contribution in [0.5, 0.6) is 0 Å². The van der Waals surface area contributed by atoms with E-state index in [1.165, 1.54) is 4.90 Å². The van der Waals surface area contributed by atoms with Gasteiger partial charge in [0.1, 0.15) is 12.6 Å². The number of fused-ring (bicyclic) bond motifs is 3. The molecule has 3 unspecified atom stereocenters. The number of carboxylic acid groups (broad SMARTS) is 1.